The second-order valence-corrected chi connectivity index (χ2v) is 5.74. The highest BCUT2D eigenvalue weighted by atomic mass is 16.3. The number of hydrogen-bond acceptors (Lipinski definition) is 6. The lowest BCUT2D eigenvalue weighted by molar-refractivity contribution is 0.0975. The molecule has 1 aliphatic rings. The lowest BCUT2D eigenvalue weighted by atomic mass is 9.81. The fourth-order valence-corrected chi connectivity index (χ4v) is 2.94. The molecule has 2 aromatic rings. The zero-order valence-electron chi connectivity index (χ0n) is 13.2. The van der Waals surface area contributed by atoms with Crippen LogP contribution in [0.1, 0.15) is 51.6 Å². The summed E-state index contributed by atoms with van der Waals surface area (Å²) in [5.41, 5.74) is 6.20. The van der Waals surface area contributed by atoms with Gasteiger partial charge in [0.2, 0.25) is 11.6 Å². The number of anilines is 2. The molecule has 0 unspecified atom stereocenters. The first kappa shape index (κ1) is 15.9. The maximum absolute atomic E-state index is 12.9. The summed E-state index contributed by atoms with van der Waals surface area (Å²) in [6.07, 6.45) is 1.87. The van der Waals surface area contributed by atoms with Gasteiger partial charge in [-0.2, -0.15) is 0 Å². The Morgan fingerprint density at radius 1 is 0.917 bits per heavy atom. The zero-order valence-corrected chi connectivity index (χ0v) is 13.2. The highest BCUT2D eigenvalue weighted by molar-refractivity contribution is 6.33. The van der Waals surface area contributed by atoms with Crippen molar-refractivity contribution in [3.05, 3.63) is 46.5 Å². The predicted octanol–water partition coefficient (Wildman–Crippen LogP) is 2.67. The van der Waals surface area contributed by atoms with E-state index in [9.17, 15) is 19.8 Å². The van der Waals surface area contributed by atoms with Crippen molar-refractivity contribution < 1.29 is 19.8 Å². The summed E-state index contributed by atoms with van der Waals surface area (Å²) in [6, 6.07) is 5.59. The smallest absolute Gasteiger partial charge is 0.200 e. The number of nitrogens with two attached hydrogens (primary N) is 1. The molecule has 3 rings (SSSR count). The van der Waals surface area contributed by atoms with Crippen molar-refractivity contribution in [2.45, 2.75) is 19.8 Å². The van der Waals surface area contributed by atoms with Gasteiger partial charge >= 0.3 is 0 Å². The number of unbranched alkanes of at least 4 members (excludes halogenated alkanes) is 1. The van der Waals surface area contributed by atoms with Crippen LogP contribution in [0.3, 0.4) is 0 Å². The number of rotatable bonds is 4. The summed E-state index contributed by atoms with van der Waals surface area (Å²) in [4.78, 5) is 25.7. The molecule has 0 spiro atoms. The summed E-state index contributed by atoms with van der Waals surface area (Å²) < 4.78 is 0. The van der Waals surface area contributed by atoms with Crippen LogP contribution < -0.4 is 11.1 Å². The van der Waals surface area contributed by atoms with Crippen LogP contribution >= 0.6 is 0 Å². The van der Waals surface area contributed by atoms with E-state index in [2.05, 4.69) is 5.32 Å². The van der Waals surface area contributed by atoms with Gasteiger partial charge in [0, 0.05) is 17.9 Å². The Hall–Kier alpha value is -3.02. The van der Waals surface area contributed by atoms with Crippen LogP contribution in [-0.2, 0) is 0 Å². The van der Waals surface area contributed by atoms with E-state index >= 15 is 0 Å². The van der Waals surface area contributed by atoms with Gasteiger partial charge in [-0.3, -0.25) is 9.59 Å². The number of phenols is 2. The van der Waals surface area contributed by atoms with Crippen LogP contribution in [0.25, 0.3) is 0 Å². The van der Waals surface area contributed by atoms with Crippen LogP contribution in [0.4, 0.5) is 11.4 Å². The van der Waals surface area contributed by atoms with E-state index in [0.717, 1.165) is 12.8 Å². The minimum Gasteiger partial charge on any atom is -0.507 e. The Labute approximate surface area is 138 Å². The number of hydrogen-bond donors (Lipinski definition) is 4. The first-order chi connectivity index (χ1) is 11.5. The van der Waals surface area contributed by atoms with Crippen molar-refractivity contribution in [1.82, 2.24) is 0 Å². The fraction of sp³-hybridized carbons (Fsp3) is 0.222. The van der Waals surface area contributed by atoms with Crippen molar-refractivity contribution >= 4 is 22.9 Å². The molecule has 0 aliphatic heterocycles. The topological polar surface area (TPSA) is 113 Å². The molecule has 124 valence electrons. The van der Waals surface area contributed by atoms with Crippen LogP contribution in [0, 0.1) is 0 Å². The Balaban J connectivity index is 2.22. The van der Waals surface area contributed by atoms with Crippen LogP contribution in [0.15, 0.2) is 24.3 Å². The molecule has 0 radical (unpaired) electrons. The Morgan fingerprint density at radius 2 is 1.50 bits per heavy atom. The Kier molecular flexibility index (Phi) is 3.89. The minimum absolute atomic E-state index is 0.0616. The molecule has 0 heterocycles. The van der Waals surface area contributed by atoms with Gasteiger partial charge in [-0.05, 0) is 30.7 Å². The summed E-state index contributed by atoms with van der Waals surface area (Å²) >= 11 is 0. The standard InChI is InChI=1S/C18H18N2O4/c1-2-3-8-20-10-5-7-12(22)16-14(10)18(24)15-11(21)6-4-9(19)13(15)17(16)23/h4-7,20-22H,2-3,8,19H2,1H3. The van der Waals surface area contributed by atoms with E-state index in [4.69, 9.17) is 5.73 Å². The lowest BCUT2D eigenvalue weighted by Crippen LogP contribution is -2.24. The van der Waals surface area contributed by atoms with Crippen LogP contribution in [-0.4, -0.2) is 28.3 Å². The number of aromatic hydroxyl groups is 2. The van der Waals surface area contributed by atoms with Gasteiger partial charge in [0.05, 0.1) is 22.3 Å². The van der Waals surface area contributed by atoms with Gasteiger partial charge in [0.25, 0.3) is 0 Å². The monoisotopic (exact) mass is 326 g/mol. The van der Waals surface area contributed by atoms with Crippen LogP contribution in [0.5, 0.6) is 11.5 Å². The molecule has 0 saturated heterocycles. The molecule has 0 saturated carbocycles. The summed E-state index contributed by atoms with van der Waals surface area (Å²) in [5.74, 6) is -1.67. The summed E-state index contributed by atoms with van der Waals surface area (Å²) in [6.45, 7) is 2.67. The van der Waals surface area contributed by atoms with Crippen molar-refractivity contribution in [3.8, 4) is 11.5 Å². The highest BCUT2D eigenvalue weighted by Crippen LogP contribution is 2.41. The number of phenolic OH excluding ortho intramolecular Hbond substituents is 2. The maximum atomic E-state index is 12.9. The first-order valence-electron chi connectivity index (χ1n) is 7.78. The molecule has 0 atom stereocenters. The molecular weight excluding hydrogens is 308 g/mol. The second-order valence-electron chi connectivity index (χ2n) is 5.74. The van der Waals surface area contributed by atoms with E-state index in [-0.39, 0.29) is 39.4 Å². The van der Waals surface area contributed by atoms with Crippen molar-refractivity contribution in [3.63, 3.8) is 0 Å². The molecule has 1 aliphatic carbocycles. The van der Waals surface area contributed by atoms with E-state index < -0.39 is 11.6 Å². The van der Waals surface area contributed by atoms with Gasteiger partial charge in [0.1, 0.15) is 11.5 Å². The molecule has 24 heavy (non-hydrogen) atoms. The van der Waals surface area contributed by atoms with Crippen molar-refractivity contribution in [2.24, 2.45) is 0 Å². The average Bonchev–Trinajstić information content (AvgIpc) is 2.56. The van der Waals surface area contributed by atoms with E-state index in [1.54, 1.807) is 6.07 Å². The number of nitrogens with one attached hydrogen (secondary N) is 1. The first-order valence-corrected chi connectivity index (χ1v) is 7.78. The minimum atomic E-state index is -0.565. The number of nitrogen functional groups attached to an aromatic ring is 1. The molecule has 0 aromatic heterocycles. The summed E-state index contributed by atoms with van der Waals surface area (Å²) in [7, 11) is 0. The second kappa shape index (κ2) is 5.88. The molecule has 2 aromatic carbocycles. The number of carbonyl (C=O) groups excluding carboxylic acids is 2. The Morgan fingerprint density at radius 3 is 2.17 bits per heavy atom. The van der Waals surface area contributed by atoms with Gasteiger partial charge in [-0.25, -0.2) is 0 Å². The third-order valence-electron chi connectivity index (χ3n) is 4.15. The molecular formula is C18H18N2O4. The van der Waals surface area contributed by atoms with Crippen molar-refractivity contribution in [1.29, 1.82) is 0 Å². The molecule has 0 amide bonds. The number of carbonyl (C=O) groups is 2. The average molecular weight is 326 g/mol. The number of fused-ring (bicyclic) bond motifs is 2. The SMILES string of the molecule is CCCCNc1ccc(O)c2c1C(=O)c1c(O)ccc(N)c1C2=O. The van der Waals surface area contributed by atoms with Gasteiger partial charge in [0.15, 0.2) is 0 Å². The molecule has 0 fully saturated rings. The van der Waals surface area contributed by atoms with Crippen LogP contribution in [0.2, 0.25) is 0 Å². The highest BCUT2D eigenvalue weighted by Gasteiger charge is 2.37. The molecule has 5 N–H and O–H groups in total. The van der Waals surface area contributed by atoms with Gasteiger partial charge in [-0.15, -0.1) is 0 Å². The Bertz CT molecular complexity index is 859. The van der Waals surface area contributed by atoms with E-state index in [1.165, 1.54) is 18.2 Å². The number of benzene rings is 2. The molecule has 6 nitrogen and oxygen atoms in total. The van der Waals surface area contributed by atoms with E-state index in [0.29, 0.717) is 12.2 Å². The largest absolute Gasteiger partial charge is 0.507 e. The predicted molar refractivity (Wildman–Crippen MR) is 90.9 cm³/mol. The quantitative estimate of drug-likeness (QED) is 0.333. The number of ketones is 2. The fourth-order valence-electron chi connectivity index (χ4n) is 2.94. The molecule has 6 heteroatoms. The lowest BCUT2D eigenvalue weighted by Gasteiger charge is -2.23. The maximum Gasteiger partial charge on any atom is 0.200 e. The van der Waals surface area contributed by atoms with Gasteiger partial charge in [-0.1, -0.05) is 13.3 Å². The normalized spacial score (nSPS) is 12.7. The zero-order chi connectivity index (χ0) is 17.4. The third-order valence-corrected chi connectivity index (χ3v) is 4.15. The van der Waals surface area contributed by atoms with E-state index in [1.807, 2.05) is 6.92 Å². The van der Waals surface area contributed by atoms with Crippen molar-refractivity contribution in [2.75, 3.05) is 17.6 Å². The van der Waals surface area contributed by atoms with Gasteiger partial charge < -0.3 is 21.3 Å². The summed E-state index contributed by atoms with van der Waals surface area (Å²) in [5, 5.41) is 23.3. The molecule has 0 bridgehead atoms. The third kappa shape index (κ3) is 2.27.